The molecule has 0 aliphatic heterocycles. The van der Waals surface area contributed by atoms with Crippen LogP contribution in [0.2, 0.25) is 0 Å². The second-order valence-corrected chi connectivity index (χ2v) is 6.23. The fourth-order valence-electron chi connectivity index (χ4n) is 1.50. The van der Waals surface area contributed by atoms with Gasteiger partial charge in [0, 0.05) is 0 Å². The van der Waals surface area contributed by atoms with Crippen molar-refractivity contribution in [2.24, 2.45) is 0 Å². The summed E-state index contributed by atoms with van der Waals surface area (Å²) in [6.45, 7) is 0. The number of alkyl halides is 15. The Kier molecular flexibility index (Phi) is 6.90. The Morgan fingerprint density at radius 2 is 0.931 bits per heavy atom. The van der Waals surface area contributed by atoms with Crippen LogP contribution in [-0.2, 0) is 14.4 Å². The van der Waals surface area contributed by atoms with Crippen LogP contribution in [0.4, 0.5) is 61.5 Å². The summed E-state index contributed by atoms with van der Waals surface area (Å²) >= 11 is 4.49. The fraction of sp³-hybridized carbons (Fsp3) is 0.700. The van der Waals surface area contributed by atoms with Crippen molar-refractivity contribution in [3.05, 3.63) is 0 Å². The number of hydrogen-bond acceptors (Lipinski definition) is 3. The predicted octanol–water partition coefficient (Wildman–Crippen LogP) is 4.69. The molecular weight excluding hydrogens is 549 g/mol. The highest BCUT2D eigenvalue weighted by atomic mass is 79.9. The molecule has 0 rings (SSSR count). The monoisotopic (exact) mass is 548 g/mol. The van der Waals surface area contributed by atoms with E-state index in [1.54, 1.807) is 0 Å². The van der Waals surface area contributed by atoms with E-state index in [1.807, 2.05) is 0 Å². The molecule has 3 nitrogen and oxygen atoms in total. The third-order valence-electron chi connectivity index (χ3n) is 3.04. The summed E-state index contributed by atoms with van der Waals surface area (Å²) in [5.41, 5.74) is -14.7. The van der Waals surface area contributed by atoms with Crippen LogP contribution in [0.25, 0.3) is 0 Å². The van der Waals surface area contributed by atoms with E-state index < -0.39 is 57.2 Å². The molecule has 170 valence electrons. The van der Waals surface area contributed by atoms with E-state index in [0.29, 0.717) is 15.9 Å². The van der Waals surface area contributed by atoms with Crippen LogP contribution in [-0.4, -0.2) is 57.2 Å². The average molecular weight is 549 g/mol. The highest BCUT2D eigenvalue weighted by molar-refractivity contribution is 9.10. The van der Waals surface area contributed by atoms with Crippen LogP contribution in [0.3, 0.4) is 0 Å². The first-order valence-corrected chi connectivity index (χ1v) is 7.06. The second kappa shape index (κ2) is 7.19. The third kappa shape index (κ3) is 3.93. The molecule has 0 saturated heterocycles. The standard InChI is InChI=1S/C10BrClF14O3/c11-8(19,20)7(17,18)2(28)5(14,10(24,25)26)6(15,16)1(27)4(13,3(12)29)9(21,22)23. The Hall–Kier alpha value is -1.20. The number of rotatable bonds is 7. The maximum absolute atomic E-state index is 14.0. The Morgan fingerprint density at radius 3 is 1.14 bits per heavy atom. The van der Waals surface area contributed by atoms with Gasteiger partial charge in [-0.15, -0.1) is 0 Å². The molecule has 0 heterocycles. The number of hydrogen-bond donors (Lipinski definition) is 0. The summed E-state index contributed by atoms with van der Waals surface area (Å²) in [6.07, 6.45) is -15.0. The van der Waals surface area contributed by atoms with Gasteiger partial charge in [0.25, 0.3) is 16.8 Å². The van der Waals surface area contributed by atoms with Crippen molar-refractivity contribution in [1.82, 2.24) is 0 Å². The number of Topliss-reactive ketones (excluding diaryl/α,β-unsaturated/α-hetero) is 2. The lowest BCUT2D eigenvalue weighted by Gasteiger charge is -2.37. The van der Waals surface area contributed by atoms with Gasteiger partial charge in [0.2, 0.25) is 0 Å². The van der Waals surface area contributed by atoms with Crippen molar-refractivity contribution in [2.75, 3.05) is 0 Å². The van der Waals surface area contributed by atoms with Gasteiger partial charge in [-0.2, -0.15) is 52.7 Å². The normalized spacial score (nSPS) is 18.6. The van der Waals surface area contributed by atoms with Crippen molar-refractivity contribution in [1.29, 1.82) is 0 Å². The van der Waals surface area contributed by atoms with E-state index in [0.717, 1.165) is 0 Å². The highest BCUT2D eigenvalue weighted by Crippen LogP contribution is 2.55. The van der Waals surface area contributed by atoms with E-state index in [-0.39, 0.29) is 0 Å². The van der Waals surface area contributed by atoms with E-state index in [4.69, 9.17) is 0 Å². The van der Waals surface area contributed by atoms with Gasteiger partial charge in [-0.1, -0.05) is 0 Å². The molecule has 0 aliphatic carbocycles. The van der Waals surface area contributed by atoms with E-state index in [9.17, 15) is 75.8 Å². The first kappa shape index (κ1) is 27.8. The zero-order chi connectivity index (χ0) is 24.2. The van der Waals surface area contributed by atoms with Crippen LogP contribution in [0.1, 0.15) is 0 Å². The first-order valence-electron chi connectivity index (χ1n) is 5.89. The van der Waals surface area contributed by atoms with E-state index in [2.05, 4.69) is 11.6 Å². The van der Waals surface area contributed by atoms with Gasteiger partial charge in [-0.3, -0.25) is 14.4 Å². The Morgan fingerprint density at radius 1 is 0.586 bits per heavy atom. The topological polar surface area (TPSA) is 51.2 Å². The molecule has 0 aliphatic rings. The van der Waals surface area contributed by atoms with Crippen molar-refractivity contribution >= 4 is 44.3 Å². The molecule has 0 amide bonds. The maximum atomic E-state index is 14.0. The van der Waals surface area contributed by atoms with Crippen LogP contribution in [0.15, 0.2) is 0 Å². The van der Waals surface area contributed by atoms with Gasteiger partial charge in [0.15, 0.2) is 0 Å². The fourth-order valence-corrected chi connectivity index (χ4v) is 1.87. The van der Waals surface area contributed by atoms with Gasteiger partial charge >= 0.3 is 40.4 Å². The molecule has 0 aromatic rings. The number of halogens is 16. The van der Waals surface area contributed by atoms with Gasteiger partial charge < -0.3 is 0 Å². The Bertz CT molecular complexity index is 710. The van der Waals surface area contributed by atoms with Gasteiger partial charge in [-0.25, -0.2) is 8.78 Å². The van der Waals surface area contributed by atoms with Gasteiger partial charge in [-0.05, 0) is 27.5 Å². The van der Waals surface area contributed by atoms with Gasteiger partial charge in [0.05, 0.1) is 0 Å². The largest absolute Gasteiger partial charge is 0.438 e. The summed E-state index contributed by atoms with van der Waals surface area (Å²) in [5, 5.41) is -3.83. The summed E-state index contributed by atoms with van der Waals surface area (Å²) in [6, 6.07) is 0. The maximum Gasteiger partial charge on any atom is 0.438 e. The number of carbonyl (C=O) groups is 3. The van der Waals surface area contributed by atoms with Gasteiger partial charge in [0.1, 0.15) is 0 Å². The number of ketones is 2. The lowest BCUT2D eigenvalue weighted by atomic mass is 9.81. The Labute approximate surface area is 161 Å². The van der Waals surface area contributed by atoms with E-state index >= 15 is 0 Å². The van der Waals surface area contributed by atoms with Crippen LogP contribution < -0.4 is 0 Å². The number of carbonyl (C=O) groups excluding carboxylic acids is 3. The lowest BCUT2D eigenvalue weighted by Crippen LogP contribution is -2.73. The van der Waals surface area contributed by atoms with Crippen LogP contribution >= 0.6 is 27.5 Å². The van der Waals surface area contributed by atoms with Crippen molar-refractivity contribution in [3.8, 4) is 0 Å². The lowest BCUT2D eigenvalue weighted by molar-refractivity contribution is -0.299. The SMILES string of the molecule is O=C(Cl)C(F)(C(=O)C(F)(F)C(F)(C(=O)C(F)(F)C(F)(F)Br)C(F)(F)F)C(F)(F)F. The van der Waals surface area contributed by atoms with E-state index in [1.165, 1.54) is 0 Å². The summed E-state index contributed by atoms with van der Waals surface area (Å²) in [4.78, 5) is 26.3. The van der Waals surface area contributed by atoms with Crippen LogP contribution in [0, 0.1) is 0 Å². The molecule has 2 unspecified atom stereocenters. The van der Waals surface area contributed by atoms with Crippen molar-refractivity contribution < 1.29 is 75.8 Å². The minimum Gasteiger partial charge on any atom is -0.288 e. The molecule has 0 aromatic heterocycles. The minimum absolute atomic E-state index is 0.561. The second-order valence-electron chi connectivity index (χ2n) is 4.89. The zero-order valence-electron chi connectivity index (χ0n) is 12.3. The molecule has 0 fully saturated rings. The first-order chi connectivity index (χ1) is 12.3. The predicted molar refractivity (Wildman–Crippen MR) is 64.4 cm³/mol. The molecule has 29 heavy (non-hydrogen) atoms. The molecule has 0 N–H and O–H groups in total. The quantitative estimate of drug-likeness (QED) is 0.201. The minimum atomic E-state index is -7.87. The molecule has 0 saturated carbocycles. The molecule has 0 bridgehead atoms. The average Bonchev–Trinajstić information content (AvgIpc) is 2.47. The highest BCUT2D eigenvalue weighted by Gasteiger charge is 2.88. The smallest absolute Gasteiger partial charge is 0.288 e. The Balaban J connectivity index is 7.09. The van der Waals surface area contributed by atoms with Crippen LogP contribution in [0.5, 0.6) is 0 Å². The molecule has 2 atom stereocenters. The van der Waals surface area contributed by atoms with Crippen molar-refractivity contribution in [2.45, 2.75) is 40.4 Å². The van der Waals surface area contributed by atoms with Crippen molar-refractivity contribution in [3.63, 3.8) is 0 Å². The zero-order valence-corrected chi connectivity index (χ0v) is 14.6. The molecule has 0 radical (unpaired) electrons. The summed E-state index contributed by atoms with van der Waals surface area (Å²) in [7, 11) is 0. The third-order valence-corrected chi connectivity index (χ3v) is 3.80. The molecule has 0 aromatic carbocycles. The summed E-state index contributed by atoms with van der Waals surface area (Å²) in [5.74, 6) is -25.2. The summed E-state index contributed by atoms with van der Waals surface area (Å²) < 4.78 is 182. The molecule has 0 spiro atoms. The molecule has 19 heteroatoms. The molecular formula is C10BrClF14O3.